The van der Waals surface area contributed by atoms with Gasteiger partial charge in [0.25, 0.3) is 5.91 Å². The van der Waals surface area contributed by atoms with Gasteiger partial charge in [0, 0.05) is 23.3 Å². The van der Waals surface area contributed by atoms with Gasteiger partial charge in [-0.05, 0) is 36.4 Å². The summed E-state index contributed by atoms with van der Waals surface area (Å²) < 4.78 is 27.6. The maximum atomic E-state index is 12.5. The van der Waals surface area contributed by atoms with Crippen molar-refractivity contribution in [3.63, 3.8) is 0 Å². The molecule has 0 saturated carbocycles. The molecule has 25 heavy (non-hydrogen) atoms. The summed E-state index contributed by atoms with van der Waals surface area (Å²) in [5.41, 5.74) is 1.19. The fraction of sp³-hybridized carbons (Fsp3) is 0.333. The monoisotopic (exact) mass is 400 g/mol. The first-order valence-corrected chi connectivity index (χ1v) is 10.7. The fourth-order valence-electron chi connectivity index (χ4n) is 2.55. The smallest absolute Gasteiger partial charge is 0.339 e. The average Bonchev–Trinajstić information content (AvgIpc) is 3.21. The molecular formula is C15H16N2O5S3. The van der Waals surface area contributed by atoms with E-state index in [0.29, 0.717) is 13.1 Å². The number of nitrogens with zero attached hydrogens (tertiary/aromatic N) is 1. The van der Waals surface area contributed by atoms with Crippen LogP contribution in [0.4, 0.5) is 0 Å². The highest BCUT2D eigenvalue weighted by atomic mass is 32.2. The Morgan fingerprint density at radius 3 is 2.80 bits per heavy atom. The standard InChI is InChI=1S/C15H16N2O5S3/c1-9(14(18)17-4-2-12-10(7-17)3-5-23-12)22-15(19)11-6-13(24-8-11)25(16,20)21/h3,5-6,8-9H,2,4,7H2,1H3,(H2,16,20,21). The number of ether oxygens (including phenoxy) is 1. The van der Waals surface area contributed by atoms with E-state index in [2.05, 4.69) is 0 Å². The maximum Gasteiger partial charge on any atom is 0.339 e. The number of fused-ring (bicyclic) bond motifs is 1. The van der Waals surface area contributed by atoms with Crippen molar-refractivity contribution < 1.29 is 22.7 Å². The van der Waals surface area contributed by atoms with Gasteiger partial charge in [-0.15, -0.1) is 22.7 Å². The Kier molecular flexibility index (Phi) is 4.96. The van der Waals surface area contributed by atoms with E-state index in [1.807, 2.05) is 11.4 Å². The largest absolute Gasteiger partial charge is 0.449 e. The number of hydrogen-bond donors (Lipinski definition) is 1. The van der Waals surface area contributed by atoms with Gasteiger partial charge in [0.15, 0.2) is 6.10 Å². The molecule has 1 aliphatic heterocycles. The Labute approximate surface area is 153 Å². The molecule has 0 fully saturated rings. The van der Waals surface area contributed by atoms with Gasteiger partial charge in [-0.1, -0.05) is 0 Å². The van der Waals surface area contributed by atoms with Crippen LogP contribution in [0, 0.1) is 0 Å². The molecule has 3 rings (SSSR count). The van der Waals surface area contributed by atoms with Crippen molar-refractivity contribution in [3.05, 3.63) is 38.9 Å². The van der Waals surface area contributed by atoms with Crippen LogP contribution in [0.3, 0.4) is 0 Å². The van der Waals surface area contributed by atoms with Gasteiger partial charge in [-0.2, -0.15) is 0 Å². The van der Waals surface area contributed by atoms with Crippen molar-refractivity contribution >= 4 is 44.6 Å². The van der Waals surface area contributed by atoms with E-state index in [4.69, 9.17) is 9.88 Å². The first-order chi connectivity index (χ1) is 11.8. The first kappa shape index (κ1) is 18.1. The molecule has 0 radical (unpaired) electrons. The molecule has 7 nitrogen and oxygen atoms in total. The average molecular weight is 401 g/mol. The van der Waals surface area contributed by atoms with Gasteiger partial charge in [-0.25, -0.2) is 18.4 Å². The summed E-state index contributed by atoms with van der Waals surface area (Å²) in [7, 11) is -3.86. The van der Waals surface area contributed by atoms with Crippen LogP contribution in [0.1, 0.15) is 27.7 Å². The molecule has 1 atom stereocenters. The fourth-order valence-corrected chi connectivity index (χ4v) is 5.01. The van der Waals surface area contributed by atoms with Crippen molar-refractivity contribution in [3.8, 4) is 0 Å². The van der Waals surface area contributed by atoms with E-state index < -0.39 is 22.1 Å². The molecule has 10 heteroatoms. The quantitative estimate of drug-likeness (QED) is 0.784. The third-order valence-electron chi connectivity index (χ3n) is 3.84. The van der Waals surface area contributed by atoms with Crippen LogP contribution < -0.4 is 5.14 Å². The van der Waals surface area contributed by atoms with Crippen LogP contribution in [0.5, 0.6) is 0 Å². The number of nitrogens with two attached hydrogens (primary N) is 1. The zero-order valence-corrected chi connectivity index (χ0v) is 15.7. The van der Waals surface area contributed by atoms with Gasteiger partial charge < -0.3 is 9.64 Å². The lowest BCUT2D eigenvalue weighted by molar-refractivity contribution is -0.140. The van der Waals surface area contributed by atoms with Crippen molar-refractivity contribution in [2.45, 2.75) is 30.2 Å². The van der Waals surface area contributed by atoms with Crippen molar-refractivity contribution in [1.29, 1.82) is 0 Å². The van der Waals surface area contributed by atoms with E-state index in [1.165, 1.54) is 17.2 Å². The molecule has 0 saturated heterocycles. The minimum absolute atomic E-state index is 0.0624. The maximum absolute atomic E-state index is 12.5. The number of amides is 1. The molecule has 1 amide bonds. The lowest BCUT2D eigenvalue weighted by atomic mass is 10.1. The summed E-state index contributed by atoms with van der Waals surface area (Å²) in [6, 6.07) is 3.15. The second kappa shape index (κ2) is 6.87. The van der Waals surface area contributed by atoms with Gasteiger partial charge in [-0.3, -0.25) is 4.79 Å². The Morgan fingerprint density at radius 1 is 1.36 bits per heavy atom. The molecule has 0 spiro atoms. The molecule has 134 valence electrons. The Morgan fingerprint density at radius 2 is 2.12 bits per heavy atom. The summed E-state index contributed by atoms with van der Waals surface area (Å²) in [5.74, 6) is -1.02. The number of hydrogen-bond acceptors (Lipinski definition) is 7. The van der Waals surface area contributed by atoms with Gasteiger partial charge in [0.2, 0.25) is 10.0 Å². The Balaban J connectivity index is 1.63. The van der Waals surface area contributed by atoms with Crippen molar-refractivity contribution in [2.75, 3.05) is 6.54 Å². The van der Waals surface area contributed by atoms with Crippen molar-refractivity contribution in [2.24, 2.45) is 5.14 Å². The summed E-state index contributed by atoms with van der Waals surface area (Å²) in [4.78, 5) is 27.6. The molecule has 2 N–H and O–H groups in total. The number of sulfonamides is 1. The molecule has 1 unspecified atom stereocenters. The predicted octanol–water partition coefficient (Wildman–Crippen LogP) is 1.59. The molecule has 2 aromatic heterocycles. The van der Waals surface area contributed by atoms with E-state index in [9.17, 15) is 18.0 Å². The summed E-state index contributed by atoms with van der Waals surface area (Å²) in [6.45, 7) is 2.60. The number of carbonyl (C=O) groups is 2. The van der Waals surface area contributed by atoms with Crippen LogP contribution in [-0.2, 0) is 32.5 Å². The SMILES string of the molecule is CC(OC(=O)c1csc(S(N)(=O)=O)c1)C(=O)N1CCc2sccc2C1. The summed E-state index contributed by atoms with van der Waals surface area (Å²) >= 11 is 2.51. The van der Waals surface area contributed by atoms with E-state index in [0.717, 1.165) is 29.4 Å². The highest BCUT2D eigenvalue weighted by Crippen LogP contribution is 2.25. The van der Waals surface area contributed by atoms with Crippen LogP contribution in [0.25, 0.3) is 0 Å². The van der Waals surface area contributed by atoms with E-state index >= 15 is 0 Å². The van der Waals surface area contributed by atoms with E-state index in [-0.39, 0.29) is 15.7 Å². The number of primary sulfonamides is 1. The zero-order valence-electron chi connectivity index (χ0n) is 13.3. The van der Waals surface area contributed by atoms with Gasteiger partial charge in [0.05, 0.1) is 5.56 Å². The van der Waals surface area contributed by atoms with Crippen LogP contribution in [0.2, 0.25) is 0 Å². The minimum Gasteiger partial charge on any atom is -0.449 e. The highest BCUT2D eigenvalue weighted by Gasteiger charge is 2.28. The van der Waals surface area contributed by atoms with Crippen molar-refractivity contribution in [1.82, 2.24) is 4.90 Å². The van der Waals surface area contributed by atoms with Crippen LogP contribution in [-0.4, -0.2) is 37.8 Å². The molecule has 0 aromatic carbocycles. The molecule has 0 aliphatic carbocycles. The Hall–Kier alpha value is -1.75. The second-order valence-corrected chi connectivity index (χ2v) is 9.33. The summed E-state index contributed by atoms with van der Waals surface area (Å²) in [6.07, 6.45) is -0.160. The molecule has 0 bridgehead atoms. The predicted molar refractivity (Wildman–Crippen MR) is 94.0 cm³/mol. The number of esters is 1. The zero-order chi connectivity index (χ0) is 18.2. The van der Waals surface area contributed by atoms with Gasteiger partial charge in [0.1, 0.15) is 4.21 Å². The third kappa shape index (κ3) is 3.92. The van der Waals surface area contributed by atoms with Crippen LogP contribution >= 0.6 is 22.7 Å². The Bertz CT molecular complexity index is 915. The molecule has 2 aromatic rings. The van der Waals surface area contributed by atoms with Crippen LogP contribution in [0.15, 0.2) is 27.1 Å². The first-order valence-electron chi connectivity index (χ1n) is 7.42. The minimum atomic E-state index is -3.86. The molecule has 3 heterocycles. The number of rotatable bonds is 4. The normalized spacial score (nSPS) is 15.5. The lowest BCUT2D eigenvalue weighted by Gasteiger charge is -2.29. The topological polar surface area (TPSA) is 107 Å². The third-order valence-corrected chi connectivity index (χ3v) is 7.25. The molecule has 1 aliphatic rings. The highest BCUT2D eigenvalue weighted by molar-refractivity contribution is 7.91. The lowest BCUT2D eigenvalue weighted by Crippen LogP contribution is -2.42. The van der Waals surface area contributed by atoms with Gasteiger partial charge >= 0.3 is 5.97 Å². The molecular weight excluding hydrogens is 384 g/mol. The number of carbonyl (C=O) groups excluding carboxylic acids is 2. The van der Waals surface area contributed by atoms with E-state index in [1.54, 1.807) is 16.2 Å². The summed E-state index contributed by atoms with van der Waals surface area (Å²) in [5, 5.41) is 8.36. The second-order valence-electron chi connectivity index (χ2n) is 5.63. The number of thiophene rings is 2.